The molecule has 2 heteroatoms. The zero-order chi connectivity index (χ0) is 12.1. The molecule has 1 aromatic carbocycles. The van der Waals surface area contributed by atoms with Crippen molar-refractivity contribution in [3.05, 3.63) is 41.1 Å². The smallest absolute Gasteiger partial charge is 0.0501 e. The Hall–Kier alpha value is -1.57. The van der Waals surface area contributed by atoms with Gasteiger partial charge in [0.1, 0.15) is 0 Å². The highest BCUT2D eigenvalue weighted by atomic mass is 14.8. The van der Waals surface area contributed by atoms with Gasteiger partial charge in [-0.3, -0.25) is 4.99 Å². The molecule has 0 aliphatic carbocycles. The second-order valence-corrected chi connectivity index (χ2v) is 3.86. The molecule has 0 unspecified atom stereocenters. The van der Waals surface area contributed by atoms with Crippen LogP contribution in [0.3, 0.4) is 0 Å². The standard InChI is InChI=1S/C14H20N2/c1-6-12-8-10(3)14(16-7-2)13(9-15-5)11(12)4/h7-9,16H,2,6H2,1,3-5H3/b15-9-. The second kappa shape index (κ2) is 5.50. The molecule has 86 valence electrons. The Morgan fingerprint density at radius 2 is 2.12 bits per heavy atom. The fraction of sp³-hybridized carbons (Fsp3) is 0.357. The minimum absolute atomic E-state index is 1.05. The van der Waals surface area contributed by atoms with E-state index in [4.69, 9.17) is 0 Å². The molecule has 0 aliphatic heterocycles. The molecule has 0 amide bonds. The first-order valence-corrected chi connectivity index (χ1v) is 5.58. The lowest BCUT2D eigenvalue weighted by Gasteiger charge is -2.15. The summed E-state index contributed by atoms with van der Waals surface area (Å²) in [6.45, 7) is 10.1. The van der Waals surface area contributed by atoms with Crippen molar-refractivity contribution in [1.82, 2.24) is 0 Å². The van der Waals surface area contributed by atoms with E-state index in [1.54, 1.807) is 13.2 Å². The lowest BCUT2D eigenvalue weighted by Crippen LogP contribution is -2.03. The minimum atomic E-state index is 1.05. The van der Waals surface area contributed by atoms with Gasteiger partial charge in [-0.25, -0.2) is 0 Å². The lowest BCUT2D eigenvalue weighted by molar-refractivity contribution is 1.10. The first-order valence-electron chi connectivity index (χ1n) is 5.58. The number of hydrogen-bond donors (Lipinski definition) is 1. The zero-order valence-corrected chi connectivity index (χ0v) is 10.6. The molecule has 0 bridgehead atoms. The van der Waals surface area contributed by atoms with Crippen LogP contribution in [-0.2, 0) is 6.42 Å². The van der Waals surface area contributed by atoms with Crippen molar-refractivity contribution in [2.45, 2.75) is 27.2 Å². The number of nitrogens with one attached hydrogen (secondary N) is 1. The summed E-state index contributed by atoms with van der Waals surface area (Å²) in [5, 5.41) is 3.19. The predicted molar refractivity (Wildman–Crippen MR) is 72.6 cm³/mol. The maximum atomic E-state index is 4.13. The molecule has 2 nitrogen and oxygen atoms in total. The van der Waals surface area contributed by atoms with E-state index < -0.39 is 0 Å². The fourth-order valence-electron chi connectivity index (χ4n) is 1.97. The monoisotopic (exact) mass is 216 g/mol. The van der Waals surface area contributed by atoms with E-state index in [0.29, 0.717) is 0 Å². The van der Waals surface area contributed by atoms with E-state index in [9.17, 15) is 0 Å². The lowest BCUT2D eigenvalue weighted by atomic mass is 9.95. The SMILES string of the molecule is C=CNc1c(C)cc(CC)c(C)c1/C=N\C. The van der Waals surface area contributed by atoms with Crippen LogP contribution in [0.15, 0.2) is 23.8 Å². The van der Waals surface area contributed by atoms with Gasteiger partial charge in [0.2, 0.25) is 0 Å². The van der Waals surface area contributed by atoms with Gasteiger partial charge in [-0.1, -0.05) is 19.6 Å². The van der Waals surface area contributed by atoms with Crippen molar-refractivity contribution in [2.75, 3.05) is 12.4 Å². The topological polar surface area (TPSA) is 24.4 Å². The largest absolute Gasteiger partial charge is 0.362 e. The molecule has 0 fully saturated rings. The maximum Gasteiger partial charge on any atom is 0.0501 e. The summed E-state index contributed by atoms with van der Waals surface area (Å²) in [5.41, 5.74) is 6.18. The van der Waals surface area contributed by atoms with Crippen LogP contribution in [0.1, 0.15) is 29.2 Å². The second-order valence-electron chi connectivity index (χ2n) is 3.86. The summed E-state index contributed by atoms with van der Waals surface area (Å²) < 4.78 is 0. The predicted octanol–water partition coefficient (Wildman–Crippen LogP) is 3.47. The van der Waals surface area contributed by atoms with Crippen LogP contribution < -0.4 is 5.32 Å². The number of rotatable bonds is 4. The van der Waals surface area contributed by atoms with E-state index in [2.05, 4.69) is 43.7 Å². The number of aryl methyl sites for hydroxylation is 2. The third-order valence-electron chi connectivity index (χ3n) is 2.83. The van der Waals surface area contributed by atoms with Gasteiger partial charge < -0.3 is 5.32 Å². The van der Waals surface area contributed by atoms with Crippen LogP contribution in [0.25, 0.3) is 0 Å². The normalized spacial score (nSPS) is 10.8. The van der Waals surface area contributed by atoms with Crippen molar-refractivity contribution in [1.29, 1.82) is 0 Å². The summed E-state index contributed by atoms with van der Waals surface area (Å²) in [6, 6.07) is 2.23. The van der Waals surface area contributed by atoms with Crippen molar-refractivity contribution >= 4 is 11.9 Å². The van der Waals surface area contributed by atoms with Crippen LogP contribution in [-0.4, -0.2) is 13.3 Å². The molecule has 16 heavy (non-hydrogen) atoms. The van der Waals surface area contributed by atoms with Gasteiger partial charge in [0, 0.05) is 18.8 Å². The Morgan fingerprint density at radius 1 is 1.44 bits per heavy atom. The number of nitrogens with zero attached hydrogens (tertiary/aromatic N) is 1. The van der Waals surface area contributed by atoms with Gasteiger partial charge in [-0.2, -0.15) is 0 Å². The third kappa shape index (κ3) is 2.32. The molecule has 1 rings (SSSR count). The van der Waals surface area contributed by atoms with E-state index in [-0.39, 0.29) is 0 Å². The van der Waals surface area contributed by atoms with Crippen LogP contribution >= 0.6 is 0 Å². The molecule has 0 saturated carbocycles. The van der Waals surface area contributed by atoms with Gasteiger partial charge in [-0.05, 0) is 43.2 Å². The van der Waals surface area contributed by atoms with E-state index in [1.807, 2.05) is 6.21 Å². The summed E-state index contributed by atoms with van der Waals surface area (Å²) in [5.74, 6) is 0. The highest BCUT2D eigenvalue weighted by molar-refractivity contribution is 5.91. The highest BCUT2D eigenvalue weighted by Gasteiger charge is 2.09. The molecule has 0 spiro atoms. The van der Waals surface area contributed by atoms with Gasteiger partial charge in [-0.15, -0.1) is 0 Å². The third-order valence-corrected chi connectivity index (χ3v) is 2.83. The quantitative estimate of drug-likeness (QED) is 0.766. The van der Waals surface area contributed by atoms with Crippen LogP contribution in [0.5, 0.6) is 0 Å². The summed E-state index contributed by atoms with van der Waals surface area (Å²) in [7, 11) is 1.80. The van der Waals surface area contributed by atoms with E-state index in [0.717, 1.165) is 12.1 Å². The molecule has 0 aromatic heterocycles. The molecule has 0 heterocycles. The Kier molecular flexibility index (Phi) is 4.29. The molecular formula is C14H20N2. The molecule has 1 aromatic rings. The molecule has 0 saturated heterocycles. The Labute approximate surface area is 98.1 Å². The van der Waals surface area contributed by atoms with Gasteiger partial charge >= 0.3 is 0 Å². The molecule has 0 atom stereocenters. The van der Waals surface area contributed by atoms with Gasteiger partial charge in [0.15, 0.2) is 0 Å². The summed E-state index contributed by atoms with van der Waals surface area (Å²) in [6.07, 6.45) is 4.67. The molecular weight excluding hydrogens is 196 g/mol. The van der Waals surface area contributed by atoms with E-state index >= 15 is 0 Å². The van der Waals surface area contributed by atoms with Crippen LogP contribution in [0, 0.1) is 13.8 Å². The number of benzene rings is 1. The van der Waals surface area contributed by atoms with Crippen LogP contribution in [0.4, 0.5) is 5.69 Å². The zero-order valence-electron chi connectivity index (χ0n) is 10.6. The van der Waals surface area contributed by atoms with Crippen molar-refractivity contribution in [3.8, 4) is 0 Å². The summed E-state index contributed by atoms with van der Waals surface area (Å²) in [4.78, 5) is 4.13. The maximum absolute atomic E-state index is 4.13. The molecule has 0 radical (unpaired) electrons. The molecule has 1 N–H and O–H groups in total. The Balaban J connectivity index is 3.47. The van der Waals surface area contributed by atoms with Crippen molar-refractivity contribution in [2.24, 2.45) is 4.99 Å². The summed E-state index contributed by atoms with van der Waals surface area (Å²) >= 11 is 0. The van der Waals surface area contributed by atoms with Crippen molar-refractivity contribution in [3.63, 3.8) is 0 Å². The highest BCUT2D eigenvalue weighted by Crippen LogP contribution is 2.26. The van der Waals surface area contributed by atoms with E-state index in [1.165, 1.54) is 22.3 Å². The number of hydrogen-bond acceptors (Lipinski definition) is 2. The average Bonchev–Trinajstić information content (AvgIpc) is 2.28. The van der Waals surface area contributed by atoms with Crippen molar-refractivity contribution < 1.29 is 0 Å². The minimum Gasteiger partial charge on any atom is -0.362 e. The molecule has 0 aliphatic rings. The van der Waals surface area contributed by atoms with Crippen LogP contribution in [0.2, 0.25) is 0 Å². The number of anilines is 1. The Bertz CT molecular complexity index is 417. The number of aliphatic imine (C=N–C) groups is 1. The average molecular weight is 216 g/mol. The fourth-order valence-corrected chi connectivity index (χ4v) is 1.97. The Morgan fingerprint density at radius 3 is 2.62 bits per heavy atom. The van der Waals surface area contributed by atoms with Gasteiger partial charge in [0.25, 0.3) is 0 Å². The first kappa shape index (κ1) is 12.5. The first-order chi connectivity index (χ1) is 7.65. The van der Waals surface area contributed by atoms with Gasteiger partial charge in [0.05, 0.1) is 5.69 Å².